The van der Waals surface area contributed by atoms with Gasteiger partial charge in [0, 0.05) is 6.42 Å². The van der Waals surface area contributed by atoms with Crippen molar-refractivity contribution in [1.29, 1.82) is 0 Å². The van der Waals surface area contributed by atoms with Crippen molar-refractivity contribution in [1.82, 2.24) is 4.31 Å². The molecule has 1 atom stereocenters. The molecule has 8 heteroatoms. The number of rotatable bonds is 4. The Morgan fingerprint density at radius 1 is 1.24 bits per heavy atom. The predicted octanol–water partition coefficient (Wildman–Crippen LogP) is 0.200. The number of Topliss-reactive ketones (excluding diaryl/α,β-unsaturated/α-hetero) is 1. The number of hydrogen-bond donors (Lipinski definition) is 0. The lowest BCUT2D eigenvalue weighted by Gasteiger charge is -2.21. The van der Waals surface area contributed by atoms with Gasteiger partial charge in [0.15, 0.2) is 0 Å². The summed E-state index contributed by atoms with van der Waals surface area (Å²) >= 11 is 0. The molecule has 0 aliphatic carbocycles. The Labute approximate surface area is 122 Å². The van der Waals surface area contributed by atoms with Crippen molar-refractivity contribution in [2.24, 2.45) is 0 Å². The summed E-state index contributed by atoms with van der Waals surface area (Å²) in [5, 5.41) is 0. The molecule has 0 bridgehead atoms. The lowest BCUT2D eigenvalue weighted by Crippen LogP contribution is -2.41. The Balaban J connectivity index is 2.36. The fourth-order valence-corrected chi connectivity index (χ4v) is 3.70. The molecule has 0 spiro atoms. The summed E-state index contributed by atoms with van der Waals surface area (Å²) in [6.45, 7) is -0.325. The van der Waals surface area contributed by atoms with Crippen LogP contribution in [0.15, 0.2) is 29.2 Å². The van der Waals surface area contributed by atoms with Gasteiger partial charge in [0.2, 0.25) is 10.0 Å². The van der Waals surface area contributed by atoms with Crippen LogP contribution in [-0.4, -0.2) is 51.3 Å². The number of sulfonamides is 1. The average Bonchev–Trinajstić information content (AvgIpc) is 2.89. The molecule has 1 aliphatic heterocycles. The largest absolute Gasteiger partial charge is 0.497 e. The zero-order valence-electron chi connectivity index (χ0n) is 11.6. The first-order valence-electron chi connectivity index (χ1n) is 6.15. The average molecular weight is 313 g/mol. The lowest BCUT2D eigenvalue weighted by molar-refractivity contribution is -0.144. The van der Waals surface area contributed by atoms with Crippen LogP contribution in [0.2, 0.25) is 0 Å². The van der Waals surface area contributed by atoms with Gasteiger partial charge in [-0.3, -0.25) is 9.59 Å². The van der Waals surface area contributed by atoms with Crippen LogP contribution in [0.25, 0.3) is 0 Å². The van der Waals surface area contributed by atoms with Crippen LogP contribution in [0.5, 0.6) is 5.75 Å². The van der Waals surface area contributed by atoms with Gasteiger partial charge in [-0.2, -0.15) is 4.31 Å². The molecule has 0 saturated carbocycles. The van der Waals surface area contributed by atoms with E-state index in [2.05, 4.69) is 4.74 Å². The smallest absolute Gasteiger partial charge is 0.324 e. The van der Waals surface area contributed by atoms with E-state index in [9.17, 15) is 18.0 Å². The van der Waals surface area contributed by atoms with Gasteiger partial charge in [-0.05, 0) is 24.3 Å². The van der Waals surface area contributed by atoms with Gasteiger partial charge < -0.3 is 9.47 Å². The van der Waals surface area contributed by atoms with Gasteiger partial charge in [-0.1, -0.05) is 0 Å². The third-order valence-corrected chi connectivity index (χ3v) is 5.11. The second-order valence-electron chi connectivity index (χ2n) is 4.51. The number of esters is 1. The van der Waals surface area contributed by atoms with E-state index in [-0.39, 0.29) is 23.6 Å². The topological polar surface area (TPSA) is 90.0 Å². The molecule has 0 amide bonds. The fourth-order valence-electron chi connectivity index (χ4n) is 2.14. The van der Waals surface area contributed by atoms with Gasteiger partial charge in [0.25, 0.3) is 0 Å². The van der Waals surface area contributed by atoms with Gasteiger partial charge in [-0.25, -0.2) is 8.42 Å². The Hall–Kier alpha value is -1.93. The molecular weight excluding hydrogens is 298 g/mol. The molecule has 1 heterocycles. The predicted molar refractivity (Wildman–Crippen MR) is 72.3 cm³/mol. The third kappa shape index (κ3) is 2.91. The zero-order valence-corrected chi connectivity index (χ0v) is 12.4. The quantitative estimate of drug-likeness (QED) is 0.738. The summed E-state index contributed by atoms with van der Waals surface area (Å²) in [5.74, 6) is -0.545. The molecule has 1 unspecified atom stereocenters. The van der Waals surface area contributed by atoms with Gasteiger partial charge in [-0.15, -0.1) is 0 Å². The highest BCUT2D eigenvalue weighted by molar-refractivity contribution is 7.89. The number of hydrogen-bond acceptors (Lipinski definition) is 6. The molecule has 2 rings (SSSR count). The van der Waals surface area contributed by atoms with Gasteiger partial charge in [0.05, 0.1) is 25.7 Å². The Bertz CT molecular complexity index is 652. The van der Waals surface area contributed by atoms with Crippen LogP contribution >= 0.6 is 0 Å². The first kappa shape index (κ1) is 15.5. The summed E-state index contributed by atoms with van der Waals surface area (Å²) in [5.41, 5.74) is 0. The van der Waals surface area contributed by atoms with Gasteiger partial charge in [0.1, 0.15) is 17.6 Å². The first-order valence-corrected chi connectivity index (χ1v) is 7.59. The van der Waals surface area contributed by atoms with Crippen molar-refractivity contribution in [2.75, 3.05) is 20.8 Å². The maximum Gasteiger partial charge on any atom is 0.324 e. The molecule has 114 valence electrons. The number of nitrogens with zero attached hydrogens (tertiary/aromatic N) is 1. The minimum Gasteiger partial charge on any atom is -0.497 e. The number of carbonyl (C=O) groups is 2. The minimum atomic E-state index is -3.94. The Morgan fingerprint density at radius 3 is 2.38 bits per heavy atom. The molecule has 0 N–H and O–H groups in total. The van der Waals surface area contributed by atoms with E-state index in [1.807, 2.05) is 0 Å². The van der Waals surface area contributed by atoms with Crippen molar-refractivity contribution in [3.63, 3.8) is 0 Å². The van der Waals surface area contributed by atoms with Crippen LogP contribution in [-0.2, 0) is 24.3 Å². The van der Waals surface area contributed by atoms with E-state index < -0.39 is 22.0 Å². The molecule has 7 nitrogen and oxygen atoms in total. The van der Waals surface area contributed by atoms with Crippen LogP contribution in [0, 0.1) is 0 Å². The van der Waals surface area contributed by atoms with Crippen LogP contribution in [0.4, 0.5) is 0 Å². The van der Waals surface area contributed by atoms with Crippen LogP contribution < -0.4 is 4.74 Å². The van der Waals surface area contributed by atoms with Crippen molar-refractivity contribution in [2.45, 2.75) is 17.4 Å². The zero-order chi connectivity index (χ0) is 15.6. The molecule has 0 aromatic heterocycles. The van der Waals surface area contributed by atoms with Crippen molar-refractivity contribution >= 4 is 21.8 Å². The van der Waals surface area contributed by atoms with Crippen LogP contribution in [0.1, 0.15) is 6.42 Å². The highest BCUT2D eigenvalue weighted by Crippen LogP contribution is 2.26. The molecule has 21 heavy (non-hydrogen) atoms. The van der Waals surface area contributed by atoms with E-state index in [1.165, 1.54) is 31.4 Å². The number of ketones is 1. The highest BCUT2D eigenvalue weighted by Gasteiger charge is 2.44. The lowest BCUT2D eigenvalue weighted by atomic mass is 10.2. The molecular formula is C13H15NO6S. The summed E-state index contributed by atoms with van der Waals surface area (Å²) in [4.78, 5) is 23.2. The number of carbonyl (C=O) groups excluding carboxylic acids is 2. The summed E-state index contributed by atoms with van der Waals surface area (Å²) < 4.78 is 35.5. The molecule has 1 aromatic rings. The number of methoxy groups -OCH3 is 2. The molecule has 1 aliphatic rings. The van der Waals surface area contributed by atoms with E-state index in [1.54, 1.807) is 0 Å². The maximum atomic E-state index is 12.5. The SMILES string of the molecule is COC(=O)C1CC(=O)CN1S(=O)(=O)c1ccc(OC)cc1. The van der Waals surface area contributed by atoms with E-state index >= 15 is 0 Å². The van der Waals surface area contributed by atoms with Gasteiger partial charge >= 0.3 is 5.97 Å². The fraction of sp³-hybridized carbons (Fsp3) is 0.385. The monoisotopic (exact) mass is 313 g/mol. The third-order valence-electron chi connectivity index (χ3n) is 3.24. The molecule has 1 aromatic carbocycles. The normalized spacial score (nSPS) is 19.5. The minimum absolute atomic E-state index is 0.00750. The standard InChI is InChI=1S/C13H15NO6S/c1-19-10-3-5-11(6-4-10)21(17,18)14-8-9(15)7-12(14)13(16)20-2/h3-6,12H,7-8H2,1-2H3. The second kappa shape index (κ2) is 5.82. The van der Waals surface area contributed by atoms with Crippen molar-refractivity contribution < 1.29 is 27.5 Å². The first-order chi connectivity index (χ1) is 9.90. The van der Waals surface area contributed by atoms with E-state index in [4.69, 9.17) is 4.74 Å². The summed E-state index contributed by atoms with van der Waals surface area (Å²) in [7, 11) is -1.32. The van der Waals surface area contributed by atoms with E-state index in [0.717, 1.165) is 11.4 Å². The highest BCUT2D eigenvalue weighted by atomic mass is 32.2. The summed E-state index contributed by atoms with van der Waals surface area (Å²) in [6, 6.07) is 4.63. The molecule has 1 saturated heterocycles. The maximum absolute atomic E-state index is 12.5. The number of benzene rings is 1. The Kier molecular flexibility index (Phi) is 4.29. The van der Waals surface area contributed by atoms with Crippen LogP contribution in [0.3, 0.4) is 0 Å². The second-order valence-corrected chi connectivity index (χ2v) is 6.40. The number of ether oxygens (including phenoxy) is 2. The molecule has 0 radical (unpaired) electrons. The molecule has 1 fully saturated rings. The summed E-state index contributed by atoms with van der Waals surface area (Å²) in [6.07, 6.45) is -0.165. The van der Waals surface area contributed by atoms with E-state index in [0.29, 0.717) is 5.75 Å². The Morgan fingerprint density at radius 2 is 1.86 bits per heavy atom. The van der Waals surface area contributed by atoms with Crippen molar-refractivity contribution in [3.05, 3.63) is 24.3 Å². The van der Waals surface area contributed by atoms with Crippen molar-refractivity contribution in [3.8, 4) is 5.75 Å².